The maximum Gasteiger partial charge on any atom is 0.326 e. The van der Waals surface area contributed by atoms with Gasteiger partial charge in [-0.1, -0.05) is 48.5 Å². The van der Waals surface area contributed by atoms with Gasteiger partial charge in [0.15, 0.2) is 0 Å². The summed E-state index contributed by atoms with van der Waals surface area (Å²) in [5, 5.41) is 12.0. The van der Waals surface area contributed by atoms with E-state index in [1.54, 1.807) is 4.90 Å². The van der Waals surface area contributed by atoms with Gasteiger partial charge in [0.05, 0.1) is 0 Å². The Balaban J connectivity index is 1.71. The lowest BCUT2D eigenvalue weighted by molar-refractivity contribution is -0.139. The zero-order chi connectivity index (χ0) is 16.2. The van der Waals surface area contributed by atoms with E-state index in [0.29, 0.717) is 6.54 Å². The molecular formula is C18H18N2O3. The molecule has 1 atom stereocenters. The number of fused-ring (bicyclic) bond motifs is 1. The van der Waals surface area contributed by atoms with Crippen LogP contribution >= 0.6 is 0 Å². The van der Waals surface area contributed by atoms with E-state index in [2.05, 4.69) is 5.32 Å². The molecule has 0 spiro atoms. The van der Waals surface area contributed by atoms with E-state index in [0.717, 1.165) is 23.2 Å². The summed E-state index contributed by atoms with van der Waals surface area (Å²) in [4.78, 5) is 25.5. The van der Waals surface area contributed by atoms with Crippen LogP contribution in [0.25, 0.3) is 0 Å². The summed E-state index contributed by atoms with van der Waals surface area (Å²) >= 11 is 0. The van der Waals surface area contributed by atoms with Crippen molar-refractivity contribution in [1.82, 2.24) is 5.32 Å². The predicted molar refractivity (Wildman–Crippen MR) is 87.6 cm³/mol. The van der Waals surface area contributed by atoms with Crippen LogP contribution in [0, 0.1) is 0 Å². The molecule has 0 saturated heterocycles. The summed E-state index contributed by atoms with van der Waals surface area (Å²) in [6, 6.07) is 15.7. The number of carbonyl (C=O) groups excluding carboxylic acids is 1. The molecular weight excluding hydrogens is 292 g/mol. The number of anilines is 1. The molecule has 0 fully saturated rings. The first-order valence-corrected chi connectivity index (χ1v) is 7.58. The number of para-hydroxylation sites is 1. The zero-order valence-corrected chi connectivity index (χ0v) is 12.6. The third-order valence-electron chi connectivity index (χ3n) is 4.01. The van der Waals surface area contributed by atoms with Gasteiger partial charge in [-0.25, -0.2) is 9.59 Å². The van der Waals surface area contributed by atoms with Gasteiger partial charge >= 0.3 is 12.0 Å². The second kappa shape index (κ2) is 6.52. The van der Waals surface area contributed by atoms with Crippen LogP contribution in [0.5, 0.6) is 0 Å². The first kappa shape index (κ1) is 15.1. The molecule has 5 heteroatoms. The van der Waals surface area contributed by atoms with Crippen LogP contribution in [0.2, 0.25) is 0 Å². The van der Waals surface area contributed by atoms with E-state index in [4.69, 9.17) is 0 Å². The average molecular weight is 310 g/mol. The van der Waals surface area contributed by atoms with E-state index in [1.807, 2.05) is 54.6 Å². The SMILES string of the molecule is O=C(O)[C@@H](Cc1ccccc1)NC(=O)N1CCc2ccccc21. The third kappa shape index (κ3) is 3.34. The highest BCUT2D eigenvalue weighted by Gasteiger charge is 2.28. The summed E-state index contributed by atoms with van der Waals surface area (Å²) < 4.78 is 0. The van der Waals surface area contributed by atoms with Crippen LogP contribution in [0.15, 0.2) is 54.6 Å². The van der Waals surface area contributed by atoms with E-state index in [1.165, 1.54) is 0 Å². The summed E-state index contributed by atoms with van der Waals surface area (Å²) in [6.07, 6.45) is 1.05. The van der Waals surface area contributed by atoms with Crippen LogP contribution in [0.3, 0.4) is 0 Å². The van der Waals surface area contributed by atoms with Crippen molar-refractivity contribution in [3.05, 3.63) is 65.7 Å². The molecule has 5 nitrogen and oxygen atoms in total. The minimum Gasteiger partial charge on any atom is -0.480 e. The Labute approximate surface area is 134 Å². The smallest absolute Gasteiger partial charge is 0.326 e. The average Bonchev–Trinajstić information content (AvgIpc) is 2.99. The summed E-state index contributed by atoms with van der Waals surface area (Å²) in [5.41, 5.74) is 2.84. The highest BCUT2D eigenvalue weighted by Crippen LogP contribution is 2.27. The summed E-state index contributed by atoms with van der Waals surface area (Å²) in [7, 11) is 0. The first-order chi connectivity index (χ1) is 11.1. The number of aliphatic carboxylic acids is 1. The maximum atomic E-state index is 12.5. The Morgan fingerprint density at radius 3 is 2.52 bits per heavy atom. The minimum absolute atomic E-state index is 0.261. The largest absolute Gasteiger partial charge is 0.480 e. The molecule has 1 aliphatic rings. The molecule has 0 bridgehead atoms. The molecule has 2 aromatic carbocycles. The van der Waals surface area contributed by atoms with Crippen molar-refractivity contribution in [1.29, 1.82) is 0 Å². The van der Waals surface area contributed by atoms with Gasteiger partial charge in [-0.15, -0.1) is 0 Å². The van der Waals surface area contributed by atoms with Gasteiger partial charge in [0.2, 0.25) is 0 Å². The quantitative estimate of drug-likeness (QED) is 0.911. The Morgan fingerprint density at radius 1 is 1.09 bits per heavy atom. The van der Waals surface area contributed by atoms with Gasteiger partial charge in [-0.05, 0) is 23.6 Å². The van der Waals surface area contributed by atoms with Gasteiger partial charge in [-0.3, -0.25) is 4.90 Å². The minimum atomic E-state index is -1.03. The number of carboxylic acids is 1. The lowest BCUT2D eigenvalue weighted by atomic mass is 10.1. The second-order valence-corrected chi connectivity index (χ2v) is 5.56. The summed E-state index contributed by atoms with van der Waals surface area (Å²) in [6.45, 7) is 0.572. The van der Waals surface area contributed by atoms with Crippen LogP contribution in [-0.4, -0.2) is 29.7 Å². The molecule has 1 heterocycles. The lowest BCUT2D eigenvalue weighted by Gasteiger charge is -2.21. The van der Waals surface area contributed by atoms with Gasteiger partial charge in [0.1, 0.15) is 6.04 Å². The number of nitrogens with one attached hydrogen (secondary N) is 1. The number of nitrogens with zero attached hydrogens (tertiary/aromatic N) is 1. The highest BCUT2D eigenvalue weighted by molar-refractivity contribution is 5.96. The first-order valence-electron chi connectivity index (χ1n) is 7.58. The van der Waals surface area contributed by atoms with E-state index < -0.39 is 12.0 Å². The Hall–Kier alpha value is -2.82. The molecule has 0 saturated carbocycles. The van der Waals surface area contributed by atoms with Crippen molar-refractivity contribution in [2.75, 3.05) is 11.4 Å². The van der Waals surface area contributed by atoms with Crippen LogP contribution in [0.4, 0.5) is 10.5 Å². The van der Waals surface area contributed by atoms with Crippen LogP contribution in [0.1, 0.15) is 11.1 Å². The molecule has 0 radical (unpaired) electrons. The van der Waals surface area contributed by atoms with Crippen molar-refractivity contribution in [3.63, 3.8) is 0 Å². The van der Waals surface area contributed by atoms with E-state index >= 15 is 0 Å². The standard InChI is InChI=1S/C18H18N2O3/c21-17(22)15(12-13-6-2-1-3-7-13)19-18(23)20-11-10-14-8-4-5-9-16(14)20/h1-9,15H,10-12H2,(H,19,23)(H,21,22)/t15-/m1/s1. The molecule has 0 aliphatic carbocycles. The zero-order valence-electron chi connectivity index (χ0n) is 12.6. The van der Waals surface area contributed by atoms with Crippen molar-refractivity contribution in [2.45, 2.75) is 18.9 Å². The fourth-order valence-corrected chi connectivity index (χ4v) is 2.83. The van der Waals surface area contributed by atoms with Gasteiger partial charge in [0, 0.05) is 18.7 Å². The third-order valence-corrected chi connectivity index (χ3v) is 4.01. The summed E-state index contributed by atoms with van der Waals surface area (Å²) in [5.74, 6) is -1.03. The molecule has 3 rings (SSSR count). The predicted octanol–water partition coefficient (Wildman–Crippen LogP) is 2.45. The molecule has 2 N–H and O–H groups in total. The molecule has 2 aromatic rings. The fraction of sp³-hybridized carbons (Fsp3) is 0.222. The fourth-order valence-electron chi connectivity index (χ4n) is 2.83. The monoisotopic (exact) mass is 310 g/mol. The highest BCUT2D eigenvalue weighted by atomic mass is 16.4. The van der Waals surface area contributed by atoms with Gasteiger partial charge in [0.25, 0.3) is 0 Å². The Morgan fingerprint density at radius 2 is 1.78 bits per heavy atom. The number of rotatable bonds is 4. The number of amides is 2. The number of carboxylic acid groups (broad SMARTS) is 1. The lowest BCUT2D eigenvalue weighted by Crippen LogP contribution is -2.48. The topological polar surface area (TPSA) is 69.6 Å². The molecule has 0 aromatic heterocycles. The molecule has 0 unspecified atom stereocenters. The van der Waals surface area contributed by atoms with Crippen molar-refractivity contribution in [2.24, 2.45) is 0 Å². The number of hydrogen-bond acceptors (Lipinski definition) is 2. The Bertz CT molecular complexity index is 715. The van der Waals surface area contributed by atoms with Crippen molar-refractivity contribution >= 4 is 17.7 Å². The van der Waals surface area contributed by atoms with Gasteiger partial charge < -0.3 is 10.4 Å². The van der Waals surface area contributed by atoms with E-state index in [9.17, 15) is 14.7 Å². The Kier molecular flexibility index (Phi) is 4.28. The number of urea groups is 1. The maximum absolute atomic E-state index is 12.5. The number of benzene rings is 2. The van der Waals surface area contributed by atoms with E-state index in [-0.39, 0.29) is 12.5 Å². The number of carbonyl (C=O) groups is 2. The molecule has 2 amide bonds. The van der Waals surface area contributed by atoms with Gasteiger partial charge in [-0.2, -0.15) is 0 Å². The normalized spacial score (nSPS) is 14.2. The number of hydrogen-bond donors (Lipinski definition) is 2. The van der Waals surface area contributed by atoms with Crippen molar-refractivity contribution in [3.8, 4) is 0 Å². The molecule has 23 heavy (non-hydrogen) atoms. The van der Waals surface area contributed by atoms with Crippen LogP contribution in [-0.2, 0) is 17.6 Å². The second-order valence-electron chi connectivity index (χ2n) is 5.56. The molecule has 118 valence electrons. The molecule has 1 aliphatic heterocycles. The van der Waals surface area contributed by atoms with Crippen molar-refractivity contribution < 1.29 is 14.7 Å². The van der Waals surface area contributed by atoms with Crippen LogP contribution < -0.4 is 10.2 Å².